The lowest BCUT2D eigenvalue weighted by atomic mass is 9.96. The Morgan fingerprint density at radius 3 is 2.28 bits per heavy atom. The van der Waals surface area contributed by atoms with Crippen molar-refractivity contribution in [1.29, 1.82) is 0 Å². The Hall–Kier alpha value is -2.57. The van der Waals surface area contributed by atoms with Gasteiger partial charge < -0.3 is 20.0 Å². The first-order valence-corrected chi connectivity index (χ1v) is 10.8. The molecule has 2 heterocycles. The third kappa shape index (κ3) is 4.89. The third-order valence-electron chi connectivity index (χ3n) is 6.20. The molecule has 4 rings (SSSR count). The van der Waals surface area contributed by atoms with Gasteiger partial charge in [-0.2, -0.15) is 0 Å². The first kappa shape index (κ1) is 19.7. The maximum atomic E-state index is 12.5. The average Bonchev–Trinajstić information content (AvgIpc) is 3.63. The molecule has 7 nitrogen and oxygen atoms in total. The van der Waals surface area contributed by atoms with Crippen LogP contribution in [-0.2, 0) is 14.4 Å². The van der Waals surface area contributed by atoms with Crippen molar-refractivity contribution in [2.45, 2.75) is 25.7 Å². The summed E-state index contributed by atoms with van der Waals surface area (Å²) in [5, 5.41) is 2.81. The summed E-state index contributed by atoms with van der Waals surface area (Å²) in [6, 6.07) is 10.2. The van der Waals surface area contributed by atoms with Gasteiger partial charge in [-0.3, -0.25) is 14.4 Å². The predicted octanol–water partition coefficient (Wildman–Crippen LogP) is 1.10. The fourth-order valence-corrected chi connectivity index (χ4v) is 4.25. The molecule has 3 aliphatic rings. The monoisotopic (exact) mass is 398 g/mol. The molecule has 0 spiro atoms. The van der Waals surface area contributed by atoms with Crippen LogP contribution in [0.4, 0.5) is 5.69 Å². The second-order valence-electron chi connectivity index (χ2n) is 8.32. The summed E-state index contributed by atoms with van der Waals surface area (Å²) in [6.07, 6.45) is 3.60. The van der Waals surface area contributed by atoms with Crippen LogP contribution in [0.25, 0.3) is 0 Å². The molecule has 1 atom stereocenters. The van der Waals surface area contributed by atoms with E-state index < -0.39 is 0 Å². The molecular weight excluding hydrogens is 368 g/mol. The van der Waals surface area contributed by atoms with Crippen molar-refractivity contribution in [1.82, 2.24) is 15.1 Å². The van der Waals surface area contributed by atoms with Crippen LogP contribution in [-0.4, -0.2) is 73.3 Å². The van der Waals surface area contributed by atoms with Crippen molar-refractivity contribution in [3.05, 3.63) is 30.3 Å². The lowest BCUT2D eigenvalue weighted by Crippen LogP contribution is -2.52. The number of amides is 3. The molecule has 29 heavy (non-hydrogen) atoms. The van der Waals surface area contributed by atoms with Crippen molar-refractivity contribution in [3.8, 4) is 0 Å². The fraction of sp³-hybridized carbons (Fsp3) is 0.591. The van der Waals surface area contributed by atoms with E-state index in [-0.39, 0.29) is 36.1 Å². The second kappa shape index (κ2) is 8.84. The third-order valence-corrected chi connectivity index (χ3v) is 6.20. The molecule has 3 amide bonds. The molecule has 156 valence electrons. The van der Waals surface area contributed by atoms with E-state index in [1.165, 1.54) is 5.69 Å². The Labute approximate surface area is 172 Å². The highest BCUT2D eigenvalue weighted by molar-refractivity contribution is 5.87. The topological polar surface area (TPSA) is 73.0 Å². The molecule has 1 aromatic carbocycles. The van der Waals surface area contributed by atoms with Gasteiger partial charge in [0, 0.05) is 50.9 Å². The standard InChI is InChI=1S/C22H30N4O3/c27-20(25-13-11-24(12-14-25)19-6-2-1-3-7-19)15-23-21(28)18-5-4-10-26(16-18)22(29)17-8-9-17/h1-3,6-7,17-18H,4-5,8-16H2,(H,23,28)/t18-/m1/s1. The summed E-state index contributed by atoms with van der Waals surface area (Å²) in [6.45, 7) is 4.20. The molecule has 0 radical (unpaired) electrons. The van der Waals surface area contributed by atoms with Crippen LogP contribution in [0, 0.1) is 11.8 Å². The Balaban J connectivity index is 1.20. The van der Waals surface area contributed by atoms with Gasteiger partial charge in [0.1, 0.15) is 0 Å². The van der Waals surface area contributed by atoms with Gasteiger partial charge in [0.15, 0.2) is 0 Å². The van der Waals surface area contributed by atoms with Gasteiger partial charge >= 0.3 is 0 Å². The molecule has 2 saturated heterocycles. The summed E-state index contributed by atoms with van der Waals surface area (Å²) in [5.74, 6) is 0.0549. The number of anilines is 1. The van der Waals surface area contributed by atoms with Crippen LogP contribution in [0.15, 0.2) is 30.3 Å². The van der Waals surface area contributed by atoms with E-state index in [1.54, 1.807) is 0 Å². The molecule has 1 aromatic rings. The van der Waals surface area contributed by atoms with Gasteiger partial charge in [-0.25, -0.2) is 0 Å². The summed E-state index contributed by atoms with van der Waals surface area (Å²) in [7, 11) is 0. The molecule has 0 unspecified atom stereocenters. The highest BCUT2D eigenvalue weighted by Crippen LogP contribution is 2.32. The van der Waals surface area contributed by atoms with Crippen molar-refractivity contribution in [3.63, 3.8) is 0 Å². The van der Waals surface area contributed by atoms with Crippen molar-refractivity contribution >= 4 is 23.4 Å². The number of benzene rings is 1. The number of nitrogens with one attached hydrogen (secondary N) is 1. The zero-order chi connectivity index (χ0) is 20.2. The van der Waals surface area contributed by atoms with Gasteiger partial charge in [0.2, 0.25) is 17.7 Å². The largest absolute Gasteiger partial charge is 0.368 e. The molecule has 1 aliphatic carbocycles. The van der Waals surface area contributed by atoms with Crippen LogP contribution in [0.1, 0.15) is 25.7 Å². The number of piperidine rings is 1. The van der Waals surface area contributed by atoms with E-state index in [0.29, 0.717) is 19.6 Å². The van der Waals surface area contributed by atoms with E-state index in [2.05, 4.69) is 22.3 Å². The number of hydrogen-bond donors (Lipinski definition) is 1. The summed E-state index contributed by atoms with van der Waals surface area (Å²) >= 11 is 0. The fourth-order valence-electron chi connectivity index (χ4n) is 4.25. The quantitative estimate of drug-likeness (QED) is 0.806. The van der Waals surface area contributed by atoms with E-state index >= 15 is 0 Å². The van der Waals surface area contributed by atoms with E-state index in [1.807, 2.05) is 28.0 Å². The number of hydrogen-bond acceptors (Lipinski definition) is 4. The van der Waals surface area contributed by atoms with Gasteiger partial charge in [0.05, 0.1) is 12.5 Å². The Kier molecular flexibility index (Phi) is 6.02. The Morgan fingerprint density at radius 1 is 0.862 bits per heavy atom. The number of likely N-dealkylation sites (tertiary alicyclic amines) is 1. The van der Waals surface area contributed by atoms with Crippen LogP contribution < -0.4 is 10.2 Å². The normalized spacial score (nSPS) is 22.3. The van der Waals surface area contributed by atoms with E-state index in [9.17, 15) is 14.4 Å². The average molecular weight is 399 g/mol. The maximum Gasteiger partial charge on any atom is 0.242 e. The number of carbonyl (C=O) groups is 3. The minimum atomic E-state index is -0.200. The van der Waals surface area contributed by atoms with Gasteiger partial charge in [-0.15, -0.1) is 0 Å². The summed E-state index contributed by atoms with van der Waals surface area (Å²) in [5.41, 5.74) is 1.18. The SMILES string of the molecule is O=C(NCC(=O)N1CCN(c2ccccc2)CC1)[C@@H]1CCCN(C(=O)C2CC2)C1. The Bertz CT molecular complexity index is 742. The number of rotatable bonds is 5. The number of piperazine rings is 1. The van der Waals surface area contributed by atoms with Gasteiger partial charge in [-0.1, -0.05) is 18.2 Å². The van der Waals surface area contributed by atoms with Crippen LogP contribution in [0.5, 0.6) is 0 Å². The van der Waals surface area contributed by atoms with E-state index in [0.717, 1.165) is 45.3 Å². The zero-order valence-corrected chi connectivity index (χ0v) is 16.9. The molecule has 1 saturated carbocycles. The molecule has 3 fully saturated rings. The van der Waals surface area contributed by atoms with Gasteiger partial charge in [-0.05, 0) is 37.8 Å². The first-order valence-electron chi connectivity index (χ1n) is 10.8. The Morgan fingerprint density at radius 2 is 1.59 bits per heavy atom. The lowest BCUT2D eigenvalue weighted by Gasteiger charge is -2.36. The van der Waals surface area contributed by atoms with Crippen LogP contribution in [0.2, 0.25) is 0 Å². The smallest absolute Gasteiger partial charge is 0.242 e. The first-order chi connectivity index (χ1) is 14.1. The summed E-state index contributed by atoms with van der Waals surface area (Å²) in [4.78, 5) is 43.3. The van der Waals surface area contributed by atoms with Crippen molar-refractivity contribution in [2.75, 3.05) is 50.7 Å². The minimum absolute atomic E-state index is 0.0345. The maximum absolute atomic E-state index is 12.5. The van der Waals surface area contributed by atoms with Crippen LogP contribution in [0.3, 0.4) is 0 Å². The lowest BCUT2D eigenvalue weighted by molar-refractivity contribution is -0.138. The minimum Gasteiger partial charge on any atom is -0.368 e. The molecular formula is C22H30N4O3. The molecule has 1 N–H and O–H groups in total. The number of carbonyl (C=O) groups excluding carboxylic acids is 3. The van der Waals surface area contributed by atoms with Crippen molar-refractivity contribution in [2.24, 2.45) is 11.8 Å². The number of nitrogens with zero attached hydrogens (tertiary/aromatic N) is 3. The van der Waals surface area contributed by atoms with Crippen LogP contribution >= 0.6 is 0 Å². The summed E-state index contributed by atoms with van der Waals surface area (Å²) < 4.78 is 0. The molecule has 7 heteroatoms. The molecule has 0 aromatic heterocycles. The van der Waals surface area contributed by atoms with Gasteiger partial charge in [0.25, 0.3) is 0 Å². The highest BCUT2D eigenvalue weighted by atomic mass is 16.2. The molecule has 0 bridgehead atoms. The molecule has 2 aliphatic heterocycles. The van der Waals surface area contributed by atoms with E-state index in [4.69, 9.17) is 0 Å². The zero-order valence-electron chi connectivity index (χ0n) is 16.9. The highest BCUT2D eigenvalue weighted by Gasteiger charge is 2.36. The predicted molar refractivity (Wildman–Crippen MR) is 110 cm³/mol. The second-order valence-corrected chi connectivity index (χ2v) is 8.32. The number of para-hydroxylation sites is 1. The van der Waals surface area contributed by atoms with Crippen molar-refractivity contribution < 1.29 is 14.4 Å².